The monoisotopic (exact) mass is 296 g/mol. The summed E-state index contributed by atoms with van der Waals surface area (Å²) in [5.74, 6) is 0.642. The van der Waals surface area contributed by atoms with Crippen LogP contribution in [0, 0.1) is 0 Å². The molecule has 0 radical (unpaired) electrons. The lowest BCUT2D eigenvalue weighted by Crippen LogP contribution is -1.84. The van der Waals surface area contributed by atoms with Crippen molar-refractivity contribution in [2.24, 2.45) is 0 Å². The van der Waals surface area contributed by atoms with Crippen molar-refractivity contribution in [3.05, 3.63) is 51.5 Å². The lowest BCUT2D eigenvalue weighted by Gasteiger charge is -2.04. The summed E-state index contributed by atoms with van der Waals surface area (Å²) in [5, 5.41) is 1.46. The van der Waals surface area contributed by atoms with Crippen molar-refractivity contribution in [2.75, 3.05) is 0 Å². The second kappa shape index (κ2) is 4.47. The fourth-order valence-corrected chi connectivity index (χ4v) is 2.84. The minimum Gasteiger partial charge on any atom is -0.338 e. The number of rotatable bonds is 1. The average molecular weight is 298 g/mol. The normalized spacial score (nSPS) is 11.1. The zero-order chi connectivity index (χ0) is 12.7. The molecule has 1 N–H and O–H groups in total. The fraction of sp³-hybridized carbons (Fsp3) is 0. The maximum absolute atomic E-state index is 6.17. The largest absolute Gasteiger partial charge is 0.338 e. The van der Waals surface area contributed by atoms with Crippen LogP contribution >= 0.6 is 34.8 Å². The van der Waals surface area contributed by atoms with Crippen molar-refractivity contribution >= 4 is 45.8 Å². The fourth-order valence-electron chi connectivity index (χ4n) is 1.84. The first-order valence-corrected chi connectivity index (χ1v) is 6.38. The van der Waals surface area contributed by atoms with Gasteiger partial charge in [-0.25, -0.2) is 4.98 Å². The van der Waals surface area contributed by atoms with Crippen LogP contribution in [0.4, 0.5) is 0 Å². The van der Waals surface area contributed by atoms with Crippen LogP contribution in [0.15, 0.2) is 36.4 Å². The van der Waals surface area contributed by atoms with E-state index in [-0.39, 0.29) is 0 Å². The van der Waals surface area contributed by atoms with Crippen molar-refractivity contribution in [3.63, 3.8) is 0 Å². The smallest absolute Gasteiger partial charge is 0.141 e. The second-order valence-electron chi connectivity index (χ2n) is 3.85. The first kappa shape index (κ1) is 11.8. The number of fused-ring (bicyclic) bond motifs is 1. The lowest BCUT2D eigenvalue weighted by atomic mass is 10.2. The Labute approximate surface area is 119 Å². The first-order chi connectivity index (χ1) is 8.65. The highest BCUT2D eigenvalue weighted by molar-refractivity contribution is 6.41. The molecule has 0 saturated carbocycles. The molecular weight excluding hydrogens is 291 g/mol. The highest BCUT2D eigenvalue weighted by Gasteiger charge is 2.13. The molecule has 0 aliphatic rings. The molecule has 0 amide bonds. The highest BCUT2D eigenvalue weighted by Crippen LogP contribution is 2.36. The van der Waals surface area contributed by atoms with Crippen LogP contribution in [0.3, 0.4) is 0 Å². The van der Waals surface area contributed by atoms with Gasteiger partial charge in [-0.15, -0.1) is 0 Å². The molecule has 0 saturated heterocycles. The number of H-pyrrole nitrogens is 1. The van der Waals surface area contributed by atoms with E-state index in [2.05, 4.69) is 9.97 Å². The lowest BCUT2D eigenvalue weighted by molar-refractivity contribution is 1.34. The molecular formula is C13H7Cl3N2. The number of imidazole rings is 1. The summed E-state index contributed by atoms with van der Waals surface area (Å²) < 4.78 is 0. The van der Waals surface area contributed by atoms with Crippen molar-refractivity contribution in [3.8, 4) is 11.4 Å². The van der Waals surface area contributed by atoms with Crippen molar-refractivity contribution in [1.82, 2.24) is 9.97 Å². The van der Waals surface area contributed by atoms with E-state index in [1.165, 1.54) is 0 Å². The molecule has 3 rings (SSSR count). The predicted molar refractivity (Wildman–Crippen MR) is 76.6 cm³/mol. The standard InChI is InChI=1S/C13H7Cl3N2/c14-7-5-8(15)12(9(16)6-7)13-17-10-3-1-2-4-11(10)18-13/h1-6H,(H,17,18). The van der Waals surface area contributed by atoms with Crippen molar-refractivity contribution in [1.29, 1.82) is 0 Å². The van der Waals surface area contributed by atoms with E-state index in [0.29, 0.717) is 26.5 Å². The Morgan fingerprint density at radius 3 is 2.28 bits per heavy atom. The van der Waals surface area contributed by atoms with Crippen LogP contribution < -0.4 is 0 Å². The number of hydrogen-bond donors (Lipinski definition) is 1. The summed E-state index contributed by atoms with van der Waals surface area (Å²) in [4.78, 5) is 7.66. The molecule has 3 aromatic rings. The summed E-state index contributed by atoms with van der Waals surface area (Å²) >= 11 is 18.2. The third kappa shape index (κ3) is 1.97. The molecule has 0 unspecified atom stereocenters. The second-order valence-corrected chi connectivity index (χ2v) is 5.10. The number of benzene rings is 2. The Balaban J connectivity index is 2.26. The number of hydrogen-bond acceptors (Lipinski definition) is 1. The van der Waals surface area contributed by atoms with Crippen molar-refractivity contribution in [2.45, 2.75) is 0 Å². The van der Waals surface area contributed by atoms with Crippen LogP contribution in [-0.4, -0.2) is 9.97 Å². The van der Waals surface area contributed by atoms with E-state index in [0.717, 1.165) is 11.0 Å². The Morgan fingerprint density at radius 2 is 1.61 bits per heavy atom. The summed E-state index contributed by atoms with van der Waals surface area (Å²) in [7, 11) is 0. The molecule has 2 aromatic carbocycles. The van der Waals surface area contributed by atoms with Crippen LogP contribution in [0.5, 0.6) is 0 Å². The minimum atomic E-state index is 0.478. The average Bonchev–Trinajstić information content (AvgIpc) is 2.70. The van der Waals surface area contributed by atoms with Crippen molar-refractivity contribution < 1.29 is 0 Å². The molecule has 2 nitrogen and oxygen atoms in total. The molecule has 0 aliphatic carbocycles. The topological polar surface area (TPSA) is 28.7 Å². The summed E-state index contributed by atoms with van der Waals surface area (Å²) in [6, 6.07) is 11.0. The molecule has 0 atom stereocenters. The van der Waals surface area contributed by atoms with E-state index in [4.69, 9.17) is 34.8 Å². The molecule has 0 bridgehead atoms. The van der Waals surface area contributed by atoms with Crippen LogP contribution in [0.1, 0.15) is 0 Å². The van der Waals surface area contributed by atoms with Crippen LogP contribution in [0.25, 0.3) is 22.4 Å². The molecule has 1 heterocycles. The summed E-state index contributed by atoms with van der Waals surface area (Å²) in [6.07, 6.45) is 0. The highest BCUT2D eigenvalue weighted by atomic mass is 35.5. The van der Waals surface area contributed by atoms with Gasteiger partial charge in [0.15, 0.2) is 0 Å². The molecule has 0 aliphatic heterocycles. The molecule has 90 valence electrons. The van der Waals surface area contributed by atoms with Gasteiger partial charge in [0.05, 0.1) is 26.6 Å². The van der Waals surface area contributed by atoms with Gasteiger partial charge < -0.3 is 4.98 Å². The number of aromatic nitrogens is 2. The van der Waals surface area contributed by atoms with Gasteiger partial charge in [0.25, 0.3) is 0 Å². The molecule has 0 fully saturated rings. The van der Waals surface area contributed by atoms with Gasteiger partial charge in [0.2, 0.25) is 0 Å². The Hall–Kier alpha value is -1.22. The van der Waals surface area contributed by atoms with E-state index >= 15 is 0 Å². The SMILES string of the molecule is Clc1cc(Cl)c(-c2nc3ccccc3[nH]2)c(Cl)c1. The maximum Gasteiger partial charge on any atom is 0.141 e. The minimum absolute atomic E-state index is 0.478. The van der Waals surface area contributed by atoms with Crippen LogP contribution in [-0.2, 0) is 0 Å². The zero-order valence-corrected chi connectivity index (χ0v) is 11.3. The molecule has 5 heteroatoms. The predicted octanol–water partition coefficient (Wildman–Crippen LogP) is 5.19. The van der Waals surface area contributed by atoms with E-state index < -0.39 is 0 Å². The quantitative estimate of drug-likeness (QED) is 0.658. The van der Waals surface area contributed by atoms with Gasteiger partial charge in [0.1, 0.15) is 5.82 Å². The Morgan fingerprint density at radius 1 is 0.944 bits per heavy atom. The van der Waals surface area contributed by atoms with E-state index in [1.807, 2.05) is 24.3 Å². The third-order valence-corrected chi connectivity index (χ3v) is 3.45. The Bertz CT molecular complexity index is 678. The van der Waals surface area contributed by atoms with Gasteiger partial charge in [-0.1, -0.05) is 46.9 Å². The third-order valence-electron chi connectivity index (χ3n) is 2.63. The number of nitrogens with one attached hydrogen (secondary N) is 1. The number of para-hydroxylation sites is 2. The van der Waals surface area contributed by atoms with Gasteiger partial charge >= 0.3 is 0 Å². The molecule has 0 spiro atoms. The number of nitrogens with zero attached hydrogens (tertiary/aromatic N) is 1. The van der Waals surface area contributed by atoms with Gasteiger partial charge in [-0.3, -0.25) is 0 Å². The van der Waals surface area contributed by atoms with Gasteiger partial charge in [-0.05, 0) is 24.3 Å². The van der Waals surface area contributed by atoms with Gasteiger partial charge in [-0.2, -0.15) is 0 Å². The number of aromatic amines is 1. The maximum atomic E-state index is 6.17. The number of halogens is 3. The first-order valence-electron chi connectivity index (χ1n) is 5.25. The molecule has 1 aromatic heterocycles. The van der Waals surface area contributed by atoms with Gasteiger partial charge in [0, 0.05) is 5.02 Å². The van der Waals surface area contributed by atoms with E-state index in [1.54, 1.807) is 12.1 Å². The summed E-state index contributed by atoms with van der Waals surface area (Å²) in [5.41, 5.74) is 2.48. The zero-order valence-electron chi connectivity index (χ0n) is 9.05. The Kier molecular flexibility index (Phi) is 2.94. The van der Waals surface area contributed by atoms with Crippen LogP contribution in [0.2, 0.25) is 15.1 Å². The molecule has 18 heavy (non-hydrogen) atoms. The summed E-state index contributed by atoms with van der Waals surface area (Å²) in [6.45, 7) is 0. The van der Waals surface area contributed by atoms with E-state index in [9.17, 15) is 0 Å².